The summed E-state index contributed by atoms with van der Waals surface area (Å²) < 4.78 is 10.0. The molecule has 0 saturated carbocycles. The Morgan fingerprint density at radius 1 is 1.52 bits per heavy atom. The Labute approximate surface area is 126 Å². The van der Waals surface area contributed by atoms with Crippen LogP contribution in [0.4, 0.5) is 5.00 Å². The number of nitrogens with zero attached hydrogens (tertiary/aromatic N) is 1. The van der Waals surface area contributed by atoms with Gasteiger partial charge in [0.25, 0.3) is 0 Å². The molecule has 0 radical (unpaired) electrons. The van der Waals surface area contributed by atoms with Gasteiger partial charge in [-0.3, -0.25) is 4.79 Å². The van der Waals surface area contributed by atoms with Crippen molar-refractivity contribution >= 4 is 28.2 Å². The lowest BCUT2D eigenvalue weighted by molar-refractivity contribution is -0.151. The summed E-state index contributed by atoms with van der Waals surface area (Å²) in [6.45, 7) is 6.16. The standard InChI is InChI=1S/C14H16N2O4S/c1-4-20-12(17)10-8(2)9(5-15)11(21-10)16-13(18)14(3)6-19-7-14/h4,6-7H2,1-3H3,(H,16,18). The predicted octanol–water partition coefficient (Wildman–Crippen LogP) is 2.08. The lowest BCUT2D eigenvalue weighted by Gasteiger charge is -2.36. The number of rotatable bonds is 4. The second-order valence-electron chi connectivity index (χ2n) is 5.10. The van der Waals surface area contributed by atoms with Gasteiger partial charge in [-0.1, -0.05) is 0 Å². The fourth-order valence-electron chi connectivity index (χ4n) is 1.92. The molecule has 112 valence electrons. The fourth-order valence-corrected chi connectivity index (χ4v) is 2.97. The molecular formula is C14H16N2O4S. The van der Waals surface area contributed by atoms with E-state index in [0.29, 0.717) is 34.2 Å². The number of nitriles is 1. The number of carbonyl (C=O) groups is 2. The lowest BCUT2D eigenvalue weighted by Crippen LogP contribution is -2.49. The Balaban J connectivity index is 2.27. The molecule has 0 aromatic carbocycles. The Morgan fingerprint density at radius 3 is 2.67 bits per heavy atom. The molecule has 0 atom stereocenters. The van der Waals surface area contributed by atoms with Gasteiger partial charge in [0.1, 0.15) is 15.9 Å². The summed E-state index contributed by atoms with van der Waals surface area (Å²) in [6, 6.07) is 2.03. The summed E-state index contributed by atoms with van der Waals surface area (Å²) >= 11 is 1.07. The van der Waals surface area contributed by atoms with Crippen LogP contribution in [0.1, 0.15) is 34.6 Å². The number of hydrogen-bond acceptors (Lipinski definition) is 6. The first-order valence-electron chi connectivity index (χ1n) is 6.52. The van der Waals surface area contributed by atoms with Crippen LogP contribution >= 0.6 is 11.3 Å². The Morgan fingerprint density at radius 2 is 2.19 bits per heavy atom. The maximum absolute atomic E-state index is 12.2. The van der Waals surface area contributed by atoms with Gasteiger partial charge in [0, 0.05) is 0 Å². The summed E-state index contributed by atoms with van der Waals surface area (Å²) in [5.74, 6) is -0.683. The number of thiophene rings is 1. The minimum atomic E-state index is -0.575. The molecule has 1 saturated heterocycles. The largest absolute Gasteiger partial charge is 0.462 e. The number of hydrogen-bond donors (Lipinski definition) is 1. The zero-order valence-corrected chi connectivity index (χ0v) is 12.9. The third-order valence-electron chi connectivity index (χ3n) is 3.34. The number of amides is 1. The highest BCUT2D eigenvalue weighted by Gasteiger charge is 2.41. The first kappa shape index (κ1) is 15.5. The Bertz CT molecular complexity index is 626. The van der Waals surface area contributed by atoms with Crippen molar-refractivity contribution in [2.45, 2.75) is 20.8 Å². The van der Waals surface area contributed by atoms with E-state index in [9.17, 15) is 14.9 Å². The second kappa shape index (κ2) is 5.84. The topological polar surface area (TPSA) is 88.4 Å². The van der Waals surface area contributed by atoms with Crippen molar-refractivity contribution in [1.82, 2.24) is 0 Å². The van der Waals surface area contributed by atoms with Crippen molar-refractivity contribution in [3.8, 4) is 6.07 Å². The molecule has 6 nitrogen and oxygen atoms in total. The molecule has 21 heavy (non-hydrogen) atoms. The van der Waals surface area contributed by atoms with Crippen LogP contribution in [-0.2, 0) is 14.3 Å². The third kappa shape index (κ3) is 2.77. The minimum Gasteiger partial charge on any atom is -0.462 e. The molecule has 1 amide bonds. The van der Waals surface area contributed by atoms with Crippen molar-refractivity contribution < 1.29 is 19.1 Å². The highest BCUT2D eigenvalue weighted by molar-refractivity contribution is 7.18. The Hall–Kier alpha value is -1.91. The van der Waals surface area contributed by atoms with Crippen LogP contribution in [0.3, 0.4) is 0 Å². The van der Waals surface area contributed by atoms with Crippen LogP contribution in [0.5, 0.6) is 0 Å². The van der Waals surface area contributed by atoms with E-state index in [1.54, 1.807) is 20.8 Å². The third-order valence-corrected chi connectivity index (χ3v) is 4.52. The van der Waals surface area contributed by atoms with Gasteiger partial charge in [-0.15, -0.1) is 11.3 Å². The molecule has 7 heteroatoms. The summed E-state index contributed by atoms with van der Waals surface area (Å²) in [7, 11) is 0. The molecule has 2 rings (SSSR count). The maximum atomic E-state index is 12.2. The van der Waals surface area contributed by atoms with E-state index in [2.05, 4.69) is 5.32 Å². The van der Waals surface area contributed by atoms with Crippen molar-refractivity contribution in [3.63, 3.8) is 0 Å². The average molecular weight is 308 g/mol. The average Bonchev–Trinajstić information content (AvgIpc) is 2.72. The zero-order valence-electron chi connectivity index (χ0n) is 12.1. The highest BCUT2D eigenvalue weighted by atomic mass is 32.1. The van der Waals surface area contributed by atoms with Crippen LogP contribution < -0.4 is 5.32 Å². The molecule has 2 heterocycles. The van der Waals surface area contributed by atoms with Crippen molar-refractivity contribution in [2.24, 2.45) is 5.41 Å². The van der Waals surface area contributed by atoms with Crippen LogP contribution in [-0.4, -0.2) is 31.7 Å². The zero-order chi connectivity index (χ0) is 15.6. The maximum Gasteiger partial charge on any atom is 0.348 e. The Kier molecular flexibility index (Phi) is 4.30. The van der Waals surface area contributed by atoms with E-state index in [-0.39, 0.29) is 12.5 Å². The van der Waals surface area contributed by atoms with E-state index in [0.717, 1.165) is 11.3 Å². The van der Waals surface area contributed by atoms with E-state index in [1.165, 1.54) is 0 Å². The molecular weight excluding hydrogens is 292 g/mol. The first-order chi connectivity index (χ1) is 9.92. The van der Waals surface area contributed by atoms with Gasteiger partial charge in [-0.05, 0) is 26.3 Å². The van der Waals surface area contributed by atoms with Gasteiger partial charge in [0.2, 0.25) is 5.91 Å². The lowest BCUT2D eigenvalue weighted by atomic mass is 9.87. The summed E-state index contributed by atoms with van der Waals surface area (Å²) in [5.41, 5.74) is 0.265. The number of anilines is 1. The summed E-state index contributed by atoms with van der Waals surface area (Å²) in [6.07, 6.45) is 0. The minimum absolute atomic E-state index is 0.207. The monoisotopic (exact) mass is 308 g/mol. The second-order valence-corrected chi connectivity index (χ2v) is 6.12. The van der Waals surface area contributed by atoms with E-state index >= 15 is 0 Å². The number of esters is 1. The number of nitrogens with one attached hydrogen (secondary N) is 1. The molecule has 1 aliphatic heterocycles. The van der Waals surface area contributed by atoms with E-state index in [4.69, 9.17) is 9.47 Å². The van der Waals surface area contributed by atoms with Gasteiger partial charge >= 0.3 is 5.97 Å². The van der Waals surface area contributed by atoms with Crippen LogP contribution in [0, 0.1) is 23.7 Å². The van der Waals surface area contributed by atoms with Crippen LogP contribution in [0.15, 0.2) is 0 Å². The summed E-state index contributed by atoms with van der Waals surface area (Å²) in [4.78, 5) is 24.4. The SMILES string of the molecule is CCOC(=O)c1sc(NC(=O)C2(C)COC2)c(C#N)c1C. The number of carbonyl (C=O) groups excluding carboxylic acids is 2. The van der Waals surface area contributed by atoms with Crippen molar-refractivity contribution in [1.29, 1.82) is 5.26 Å². The molecule has 1 fully saturated rings. The smallest absolute Gasteiger partial charge is 0.348 e. The van der Waals surface area contributed by atoms with E-state index in [1.807, 2.05) is 6.07 Å². The molecule has 1 aromatic heterocycles. The van der Waals surface area contributed by atoms with Gasteiger partial charge in [-0.2, -0.15) is 5.26 Å². The summed E-state index contributed by atoms with van der Waals surface area (Å²) in [5, 5.41) is 12.4. The van der Waals surface area contributed by atoms with Gasteiger partial charge < -0.3 is 14.8 Å². The molecule has 0 unspecified atom stereocenters. The predicted molar refractivity (Wildman–Crippen MR) is 77.3 cm³/mol. The normalized spacial score (nSPS) is 15.7. The fraction of sp³-hybridized carbons (Fsp3) is 0.500. The van der Waals surface area contributed by atoms with Gasteiger partial charge in [0.05, 0.1) is 30.8 Å². The first-order valence-corrected chi connectivity index (χ1v) is 7.34. The highest BCUT2D eigenvalue weighted by Crippen LogP contribution is 2.35. The molecule has 1 aromatic rings. The molecule has 0 aliphatic carbocycles. The number of ether oxygens (including phenoxy) is 2. The molecule has 0 spiro atoms. The van der Waals surface area contributed by atoms with Crippen molar-refractivity contribution in [2.75, 3.05) is 25.1 Å². The molecule has 0 bridgehead atoms. The van der Waals surface area contributed by atoms with Crippen molar-refractivity contribution in [3.05, 3.63) is 16.0 Å². The van der Waals surface area contributed by atoms with Crippen LogP contribution in [0.2, 0.25) is 0 Å². The quantitative estimate of drug-likeness (QED) is 0.860. The molecule has 1 aliphatic rings. The van der Waals surface area contributed by atoms with Gasteiger partial charge in [0.15, 0.2) is 0 Å². The van der Waals surface area contributed by atoms with Crippen LogP contribution in [0.25, 0.3) is 0 Å². The van der Waals surface area contributed by atoms with Gasteiger partial charge in [-0.25, -0.2) is 4.79 Å². The molecule has 1 N–H and O–H groups in total. The van der Waals surface area contributed by atoms with E-state index < -0.39 is 11.4 Å².